The molecule has 0 aliphatic rings. The molecule has 0 spiro atoms. The summed E-state index contributed by atoms with van der Waals surface area (Å²) in [7, 11) is 0. The molecular weight excluding hydrogens is 295 g/mol. The van der Waals surface area contributed by atoms with E-state index in [2.05, 4.69) is 4.74 Å². The first-order valence-corrected chi connectivity index (χ1v) is 6.25. The number of nitrogens with zero attached hydrogens (tertiary/aromatic N) is 1. The van der Waals surface area contributed by atoms with Crippen molar-refractivity contribution >= 4 is 17.7 Å². The molecule has 108 valence electrons. The van der Waals surface area contributed by atoms with Crippen LogP contribution < -0.4 is 0 Å². The summed E-state index contributed by atoms with van der Waals surface area (Å²) in [6.45, 7) is 1.75. The van der Waals surface area contributed by atoms with Crippen LogP contribution in [0.1, 0.15) is 18.1 Å². The maximum absolute atomic E-state index is 12.3. The van der Waals surface area contributed by atoms with Crippen LogP contribution in [0.4, 0.5) is 13.2 Å². The van der Waals surface area contributed by atoms with Gasteiger partial charge in [0.15, 0.2) is 0 Å². The van der Waals surface area contributed by atoms with Crippen molar-refractivity contribution < 1.29 is 27.8 Å². The van der Waals surface area contributed by atoms with Gasteiger partial charge in [-0.2, -0.15) is 18.4 Å². The Morgan fingerprint density at radius 2 is 2.15 bits per heavy atom. The second-order valence-corrected chi connectivity index (χ2v) is 4.73. The smallest absolute Gasteiger partial charge is 0.446 e. The highest BCUT2D eigenvalue weighted by Crippen LogP contribution is 2.42. The second kappa shape index (κ2) is 6.52. The van der Waals surface area contributed by atoms with Gasteiger partial charge in [0.2, 0.25) is 0 Å². The largest absolute Gasteiger partial charge is 0.507 e. The van der Waals surface area contributed by atoms with Crippen LogP contribution in [0.25, 0.3) is 0 Å². The first kappa shape index (κ1) is 16.2. The van der Waals surface area contributed by atoms with Gasteiger partial charge in [0, 0.05) is 0 Å². The van der Waals surface area contributed by atoms with Gasteiger partial charge < -0.3 is 9.84 Å². The number of rotatable bonds is 4. The Labute approximate surface area is 117 Å². The minimum absolute atomic E-state index is 0.109. The van der Waals surface area contributed by atoms with Gasteiger partial charge >= 0.3 is 11.5 Å². The molecule has 0 bridgehead atoms. The lowest BCUT2D eigenvalue weighted by Crippen LogP contribution is -2.09. The Morgan fingerprint density at radius 1 is 1.50 bits per heavy atom. The van der Waals surface area contributed by atoms with E-state index in [1.165, 1.54) is 0 Å². The van der Waals surface area contributed by atoms with E-state index in [9.17, 15) is 23.1 Å². The first-order valence-electron chi connectivity index (χ1n) is 5.44. The highest BCUT2D eigenvalue weighted by molar-refractivity contribution is 8.00. The average molecular weight is 305 g/mol. The van der Waals surface area contributed by atoms with Crippen molar-refractivity contribution in [3.05, 3.63) is 23.3 Å². The fourth-order valence-electron chi connectivity index (χ4n) is 1.44. The number of esters is 1. The standard InChI is InChI=1S/C12H10F3NO3S/c1-2-19-11(18)5-7-3-9(17)10(4-8(7)6-16)20-12(13,14)15/h3-4,17H,2,5H2,1H3. The van der Waals surface area contributed by atoms with Crippen LogP contribution in [-0.4, -0.2) is 23.2 Å². The minimum Gasteiger partial charge on any atom is -0.507 e. The lowest BCUT2D eigenvalue weighted by atomic mass is 10.1. The lowest BCUT2D eigenvalue weighted by Gasteiger charge is -2.10. The molecule has 20 heavy (non-hydrogen) atoms. The van der Waals surface area contributed by atoms with Gasteiger partial charge in [-0.3, -0.25) is 4.79 Å². The van der Waals surface area contributed by atoms with Crippen LogP contribution in [0, 0.1) is 11.3 Å². The molecule has 0 aliphatic heterocycles. The number of ether oxygens (including phenoxy) is 1. The fourth-order valence-corrected chi connectivity index (χ4v) is 2.03. The van der Waals surface area contributed by atoms with E-state index in [1.54, 1.807) is 13.0 Å². The molecule has 0 aromatic heterocycles. The zero-order valence-electron chi connectivity index (χ0n) is 10.3. The SMILES string of the molecule is CCOC(=O)Cc1cc(O)c(SC(F)(F)F)cc1C#N. The van der Waals surface area contributed by atoms with Crippen molar-refractivity contribution in [1.29, 1.82) is 5.26 Å². The summed E-state index contributed by atoms with van der Waals surface area (Å²) in [5, 5.41) is 18.4. The molecule has 8 heteroatoms. The van der Waals surface area contributed by atoms with Crippen molar-refractivity contribution in [3.63, 3.8) is 0 Å². The number of halogens is 3. The number of benzene rings is 1. The number of carbonyl (C=O) groups excluding carboxylic acids is 1. The van der Waals surface area contributed by atoms with E-state index < -0.39 is 33.9 Å². The zero-order valence-corrected chi connectivity index (χ0v) is 11.1. The summed E-state index contributed by atoms with van der Waals surface area (Å²) in [6, 6.07) is 3.58. The zero-order chi connectivity index (χ0) is 15.3. The molecule has 0 radical (unpaired) electrons. The quantitative estimate of drug-likeness (QED) is 0.684. The number of hydrogen-bond donors (Lipinski definition) is 1. The topological polar surface area (TPSA) is 70.3 Å². The molecule has 0 fully saturated rings. The van der Waals surface area contributed by atoms with Gasteiger partial charge in [0.05, 0.1) is 29.6 Å². The predicted octanol–water partition coefficient (Wildman–Crippen LogP) is 2.98. The Hall–Kier alpha value is -1.88. The second-order valence-electron chi connectivity index (χ2n) is 3.62. The Morgan fingerprint density at radius 3 is 2.65 bits per heavy atom. The maximum atomic E-state index is 12.3. The summed E-state index contributed by atoms with van der Waals surface area (Å²) in [6.07, 6.45) is -0.290. The van der Waals surface area contributed by atoms with Gasteiger partial charge in [-0.1, -0.05) is 0 Å². The molecule has 0 saturated heterocycles. The number of phenols is 1. The van der Waals surface area contributed by atoms with E-state index in [0.29, 0.717) is 0 Å². The normalized spacial score (nSPS) is 10.9. The minimum atomic E-state index is -4.58. The van der Waals surface area contributed by atoms with E-state index in [1.807, 2.05) is 0 Å². The molecule has 0 amide bonds. The fraction of sp³-hybridized carbons (Fsp3) is 0.333. The monoisotopic (exact) mass is 305 g/mol. The number of alkyl halides is 3. The number of phenolic OH excluding ortho intramolecular Hbond substituents is 1. The molecule has 0 unspecified atom stereocenters. The van der Waals surface area contributed by atoms with Crippen molar-refractivity contribution in [2.45, 2.75) is 23.7 Å². The third-order valence-corrected chi connectivity index (χ3v) is 2.95. The van der Waals surface area contributed by atoms with Gasteiger partial charge in [-0.05, 0) is 36.4 Å². The van der Waals surface area contributed by atoms with Gasteiger partial charge in [-0.15, -0.1) is 0 Å². The van der Waals surface area contributed by atoms with Crippen LogP contribution >= 0.6 is 11.8 Å². The number of thioether (sulfide) groups is 1. The van der Waals surface area contributed by atoms with Gasteiger partial charge in [0.25, 0.3) is 0 Å². The van der Waals surface area contributed by atoms with Gasteiger partial charge in [0.1, 0.15) is 5.75 Å². The van der Waals surface area contributed by atoms with Crippen molar-refractivity contribution in [3.8, 4) is 11.8 Å². The lowest BCUT2D eigenvalue weighted by molar-refractivity contribution is -0.142. The summed E-state index contributed by atoms with van der Waals surface area (Å²) >= 11 is -0.523. The molecular formula is C12H10F3NO3S. The summed E-state index contributed by atoms with van der Waals surface area (Å²) in [5.74, 6) is -1.26. The summed E-state index contributed by atoms with van der Waals surface area (Å²) in [4.78, 5) is 10.8. The number of aromatic hydroxyl groups is 1. The van der Waals surface area contributed by atoms with E-state index in [-0.39, 0.29) is 24.2 Å². The maximum Gasteiger partial charge on any atom is 0.446 e. The predicted molar refractivity (Wildman–Crippen MR) is 65.1 cm³/mol. The number of nitriles is 1. The highest BCUT2D eigenvalue weighted by Gasteiger charge is 2.31. The first-order chi connectivity index (χ1) is 9.26. The molecule has 1 aromatic rings. The molecule has 1 rings (SSSR count). The molecule has 0 saturated carbocycles. The van der Waals surface area contributed by atoms with Crippen LogP contribution in [0.5, 0.6) is 5.75 Å². The van der Waals surface area contributed by atoms with Crippen LogP contribution in [0.15, 0.2) is 17.0 Å². The van der Waals surface area contributed by atoms with Gasteiger partial charge in [-0.25, -0.2) is 0 Å². The summed E-state index contributed by atoms with van der Waals surface area (Å²) < 4.78 is 41.5. The van der Waals surface area contributed by atoms with Crippen molar-refractivity contribution in [1.82, 2.24) is 0 Å². The molecule has 4 nitrogen and oxygen atoms in total. The van der Waals surface area contributed by atoms with Crippen molar-refractivity contribution in [2.24, 2.45) is 0 Å². The molecule has 0 aliphatic carbocycles. The molecule has 1 N–H and O–H groups in total. The highest BCUT2D eigenvalue weighted by atomic mass is 32.2. The average Bonchev–Trinajstić information content (AvgIpc) is 2.31. The third kappa shape index (κ3) is 4.66. The molecule has 1 aromatic carbocycles. The van der Waals surface area contributed by atoms with E-state index in [4.69, 9.17) is 5.26 Å². The van der Waals surface area contributed by atoms with Crippen LogP contribution in [-0.2, 0) is 16.0 Å². The van der Waals surface area contributed by atoms with Crippen LogP contribution in [0.2, 0.25) is 0 Å². The third-order valence-electron chi connectivity index (χ3n) is 2.17. The Bertz CT molecular complexity index is 552. The summed E-state index contributed by atoms with van der Waals surface area (Å²) in [5.41, 5.74) is -4.56. The number of hydrogen-bond acceptors (Lipinski definition) is 5. The Balaban J connectivity index is 3.08. The Kier molecular flexibility index (Phi) is 5.27. The number of carbonyl (C=O) groups is 1. The van der Waals surface area contributed by atoms with E-state index in [0.717, 1.165) is 12.1 Å². The molecule has 0 heterocycles. The van der Waals surface area contributed by atoms with Crippen LogP contribution in [0.3, 0.4) is 0 Å². The van der Waals surface area contributed by atoms with E-state index >= 15 is 0 Å². The molecule has 0 atom stereocenters. The van der Waals surface area contributed by atoms with Crippen molar-refractivity contribution in [2.75, 3.05) is 6.61 Å².